The number of fused-ring (bicyclic) bond motifs is 1. The maximum Gasteiger partial charge on any atom is 0.573 e. The van der Waals surface area contributed by atoms with Crippen molar-refractivity contribution in [3.05, 3.63) is 52.8 Å². The third-order valence-corrected chi connectivity index (χ3v) is 4.24. The van der Waals surface area contributed by atoms with Crippen LogP contribution in [0.25, 0.3) is 22.6 Å². The number of H-pyrrole nitrogens is 1. The lowest BCUT2D eigenvalue weighted by Gasteiger charge is -2.12. The summed E-state index contributed by atoms with van der Waals surface area (Å²) in [4.78, 5) is 0. The van der Waals surface area contributed by atoms with E-state index < -0.39 is 17.9 Å². The van der Waals surface area contributed by atoms with Crippen LogP contribution in [0.1, 0.15) is 5.56 Å². The smallest absolute Gasteiger partial charge is 0.453 e. The van der Waals surface area contributed by atoms with Gasteiger partial charge in [-0.05, 0) is 41.1 Å². The fraction of sp³-hybridized carbons (Fsp3) is 0.118. The highest BCUT2D eigenvalue weighted by atomic mass is 35.5. The Morgan fingerprint density at radius 1 is 1.17 bits per heavy atom. The van der Waals surface area contributed by atoms with Gasteiger partial charge in [-0.15, -0.1) is 23.4 Å². The number of anilines is 1. The van der Waals surface area contributed by atoms with Crippen LogP contribution in [0.5, 0.6) is 5.75 Å². The molecular weight excluding hydrogens is 418 g/mol. The van der Waals surface area contributed by atoms with Gasteiger partial charge in [0.1, 0.15) is 5.58 Å². The number of nitrogens with zero attached hydrogens (tertiary/aromatic N) is 3. The number of nitrogens with one attached hydrogen (secondary N) is 2. The fourth-order valence-electron chi connectivity index (χ4n) is 2.63. The monoisotopic (exact) mass is 427 g/mol. The second-order valence-electron chi connectivity index (χ2n) is 5.87. The summed E-state index contributed by atoms with van der Waals surface area (Å²) in [7, 11) is 0. The minimum atomic E-state index is -5.00. The first kappa shape index (κ1) is 19.0. The number of aromatic amines is 1. The van der Waals surface area contributed by atoms with Crippen LogP contribution in [-0.2, 0) is 6.54 Å². The Labute approximate surface area is 164 Å². The zero-order valence-corrected chi connectivity index (χ0v) is 15.0. The van der Waals surface area contributed by atoms with Gasteiger partial charge in [-0.25, -0.2) is 4.39 Å². The van der Waals surface area contributed by atoms with Crippen molar-refractivity contribution in [1.82, 2.24) is 20.6 Å². The Balaban J connectivity index is 1.55. The van der Waals surface area contributed by atoms with Crippen molar-refractivity contribution in [3.63, 3.8) is 0 Å². The summed E-state index contributed by atoms with van der Waals surface area (Å²) < 4.78 is 59.9. The van der Waals surface area contributed by atoms with Crippen molar-refractivity contribution in [3.8, 4) is 17.3 Å². The molecule has 0 atom stereocenters. The molecule has 0 radical (unpaired) electrons. The van der Waals surface area contributed by atoms with Gasteiger partial charge in [0.25, 0.3) is 0 Å². The minimum Gasteiger partial charge on any atom is -0.453 e. The molecule has 2 aromatic carbocycles. The number of alkyl halides is 3. The summed E-state index contributed by atoms with van der Waals surface area (Å²) in [5.41, 5.74) is 1.33. The molecule has 0 aliphatic heterocycles. The Bertz CT molecular complexity index is 1160. The van der Waals surface area contributed by atoms with E-state index in [1.807, 2.05) is 0 Å². The second-order valence-corrected chi connectivity index (χ2v) is 6.28. The zero-order chi connectivity index (χ0) is 20.6. The molecular formula is C17H10ClF4N5O2. The summed E-state index contributed by atoms with van der Waals surface area (Å²) in [6.07, 6.45) is -5.00. The summed E-state index contributed by atoms with van der Waals surface area (Å²) >= 11 is 6.28. The SMILES string of the molecule is Fc1ccc(NCc2cc3oc(-c4nn[nH]n4)cc3cc2Cl)cc1OC(F)(F)F. The number of rotatable bonds is 5. The molecule has 29 heavy (non-hydrogen) atoms. The molecule has 7 nitrogen and oxygen atoms in total. The Kier molecular flexibility index (Phi) is 4.74. The standard InChI is InChI=1S/C17H10ClF4N5O2/c18-11-3-8-4-15(16-24-26-27-25-16)28-13(8)5-9(11)7-23-10-1-2-12(19)14(6-10)29-17(20,21)22/h1-6,23H,7H2,(H,24,25,26,27). The van der Waals surface area contributed by atoms with Crippen molar-refractivity contribution in [2.45, 2.75) is 12.9 Å². The molecule has 2 N–H and O–H groups in total. The van der Waals surface area contributed by atoms with Crippen LogP contribution >= 0.6 is 11.6 Å². The Morgan fingerprint density at radius 3 is 2.72 bits per heavy atom. The average Bonchev–Trinajstić information content (AvgIpc) is 3.30. The molecule has 12 heteroatoms. The maximum atomic E-state index is 13.5. The molecule has 150 valence electrons. The van der Waals surface area contributed by atoms with E-state index in [0.717, 1.165) is 12.1 Å². The number of aromatic nitrogens is 4. The lowest BCUT2D eigenvalue weighted by molar-refractivity contribution is -0.275. The van der Waals surface area contributed by atoms with Crippen LogP contribution < -0.4 is 10.1 Å². The van der Waals surface area contributed by atoms with E-state index in [4.69, 9.17) is 16.0 Å². The third-order valence-electron chi connectivity index (χ3n) is 3.89. The predicted molar refractivity (Wildman–Crippen MR) is 94.8 cm³/mol. The first-order valence-corrected chi connectivity index (χ1v) is 8.41. The molecule has 0 saturated heterocycles. The summed E-state index contributed by atoms with van der Waals surface area (Å²) in [6, 6.07) is 8.11. The predicted octanol–water partition coefficient (Wildman–Crippen LogP) is 4.92. The third kappa shape index (κ3) is 4.24. The van der Waals surface area contributed by atoms with Crippen molar-refractivity contribution in [2.75, 3.05) is 5.32 Å². The van der Waals surface area contributed by atoms with Gasteiger partial charge in [0.2, 0.25) is 5.82 Å². The van der Waals surface area contributed by atoms with E-state index in [0.29, 0.717) is 27.3 Å². The van der Waals surface area contributed by atoms with Crippen molar-refractivity contribution in [1.29, 1.82) is 0 Å². The van der Waals surface area contributed by atoms with Crippen molar-refractivity contribution >= 4 is 28.3 Å². The van der Waals surface area contributed by atoms with Gasteiger partial charge in [0, 0.05) is 28.7 Å². The highest BCUT2D eigenvalue weighted by molar-refractivity contribution is 6.32. The number of benzene rings is 2. The number of furan rings is 1. The topological polar surface area (TPSA) is 88.9 Å². The van der Waals surface area contributed by atoms with Crippen LogP contribution in [0, 0.1) is 5.82 Å². The molecule has 0 saturated carbocycles. The first-order chi connectivity index (χ1) is 13.8. The van der Waals surface area contributed by atoms with Crippen LogP contribution in [-0.4, -0.2) is 27.0 Å². The van der Waals surface area contributed by atoms with Crippen molar-refractivity contribution in [2.24, 2.45) is 0 Å². The summed E-state index contributed by atoms with van der Waals surface area (Å²) in [5, 5.41) is 17.4. The molecule has 2 heterocycles. The first-order valence-electron chi connectivity index (χ1n) is 8.03. The van der Waals surface area contributed by atoms with E-state index >= 15 is 0 Å². The maximum absolute atomic E-state index is 13.5. The molecule has 0 fully saturated rings. The van der Waals surface area contributed by atoms with Crippen molar-refractivity contribution < 1.29 is 26.7 Å². The van der Waals surface area contributed by atoms with Crippen LogP contribution in [0.3, 0.4) is 0 Å². The average molecular weight is 428 g/mol. The van der Waals surface area contributed by atoms with Crippen LogP contribution in [0.15, 0.2) is 40.8 Å². The Morgan fingerprint density at radius 2 is 2.00 bits per heavy atom. The van der Waals surface area contributed by atoms with E-state index in [9.17, 15) is 17.6 Å². The number of hydrogen-bond donors (Lipinski definition) is 2. The normalized spacial score (nSPS) is 11.8. The zero-order valence-electron chi connectivity index (χ0n) is 14.2. The van der Waals surface area contributed by atoms with Gasteiger partial charge >= 0.3 is 6.36 Å². The van der Waals surface area contributed by atoms with E-state index in [1.54, 1.807) is 18.2 Å². The van der Waals surface area contributed by atoms with Gasteiger partial charge in [-0.3, -0.25) is 0 Å². The second kappa shape index (κ2) is 7.24. The molecule has 2 aromatic heterocycles. The molecule has 0 aliphatic carbocycles. The number of halogens is 5. The number of ether oxygens (including phenoxy) is 1. The number of hydrogen-bond acceptors (Lipinski definition) is 6. The molecule has 0 bridgehead atoms. The molecule has 0 spiro atoms. The lowest BCUT2D eigenvalue weighted by Crippen LogP contribution is -2.18. The minimum absolute atomic E-state index is 0.143. The van der Waals surface area contributed by atoms with E-state index in [2.05, 4.69) is 30.7 Å². The van der Waals surface area contributed by atoms with Gasteiger partial charge in [-0.2, -0.15) is 5.21 Å². The highest BCUT2D eigenvalue weighted by Crippen LogP contribution is 2.31. The van der Waals surface area contributed by atoms with Gasteiger partial charge in [-0.1, -0.05) is 11.6 Å². The molecule has 0 amide bonds. The van der Waals surface area contributed by atoms with E-state index in [1.165, 1.54) is 6.07 Å². The quantitative estimate of drug-likeness (QED) is 0.440. The van der Waals surface area contributed by atoms with Gasteiger partial charge in [0.05, 0.1) is 0 Å². The molecule has 0 unspecified atom stereocenters. The van der Waals surface area contributed by atoms with Gasteiger partial charge in [0.15, 0.2) is 17.3 Å². The highest BCUT2D eigenvalue weighted by Gasteiger charge is 2.32. The molecule has 4 rings (SSSR count). The Hall–Kier alpha value is -3.34. The fourth-order valence-corrected chi connectivity index (χ4v) is 2.87. The largest absolute Gasteiger partial charge is 0.573 e. The van der Waals surface area contributed by atoms with E-state index in [-0.39, 0.29) is 18.1 Å². The van der Waals surface area contributed by atoms with Crippen LogP contribution in [0.2, 0.25) is 5.02 Å². The molecule has 4 aromatic rings. The molecule has 0 aliphatic rings. The van der Waals surface area contributed by atoms with Crippen LogP contribution in [0.4, 0.5) is 23.2 Å². The summed E-state index contributed by atoms with van der Waals surface area (Å²) in [5.74, 6) is -1.39. The number of tetrazole rings is 1. The lowest BCUT2D eigenvalue weighted by atomic mass is 10.1. The van der Waals surface area contributed by atoms with Gasteiger partial charge < -0.3 is 14.5 Å². The summed E-state index contributed by atoms with van der Waals surface area (Å²) in [6.45, 7) is 0.143.